The van der Waals surface area contributed by atoms with Crippen LogP contribution in [0, 0.1) is 0 Å². The number of nitrogen functional groups attached to an aromatic ring is 1. The SMILES string of the molecule is CC(C)OC(=O)N(C)c1cncc(-c2ccn3nc(N)cc3c2)c1. The molecule has 7 nitrogen and oxygen atoms in total. The lowest BCUT2D eigenvalue weighted by atomic mass is 10.1. The summed E-state index contributed by atoms with van der Waals surface area (Å²) in [7, 11) is 1.66. The van der Waals surface area contributed by atoms with Crippen molar-refractivity contribution in [2.24, 2.45) is 0 Å². The van der Waals surface area contributed by atoms with Crippen molar-refractivity contribution in [2.75, 3.05) is 17.7 Å². The van der Waals surface area contributed by atoms with E-state index in [-0.39, 0.29) is 6.10 Å². The monoisotopic (exact) mass is 325 g/mol. The van der Waals surface area contributed by atoms with Crippen LogP contribution >= 0.6 is 0 Å². The van der Waals surface area contributed by atoms with E-state index in [1.165, 1.54) is 4.90 Å². The van der Waals surface area contributed by atoms with E-state index in [1.807, 2.05) is 38.2 Å². The molecular weight excluding hydrogens is 306 g/mol. The molecule has 0 spiro atoms. The van der Waals surface area contributed by atoms with Gasteiger partial charge in [-0.15, -0.1) is 0 Å². The Hall–Kier alpha value is -3.09. The largest absolute Gasteiger partial charge is 0.446 e. The Morgan fingerprint density at radius 2 is 2.04 bits per heavy atom. The highest BCUT2D eigenvalue weighted by Crippen LogP contribution is 2.25. The van der Waals surface area contributed by atoms with Crippen LogP contribution < -0.4 is 10.6 Å². The van der Waals surface area contributed by atoms with Crippen LogP contribution in [0.25, 0.3) is 16.6 Å². The third-order valence-corrected chi connectivity index (χ3v) is 3.54. The Morgan fingerprint density at radius 3 is 2.79 bits per heavy atom. The van der Waals surface area contributed by atoms with Crippen LogP contribution in [-0.4, -0.2) is 33.8 Å². The van der Waals surface area contributed by atoms with Gasteiger partial charge in [-0.3, -0.25) is 9.88 Å². The summed E-state index contributed by atoms with van der Waals surface area (Å²) in [5.74, 6) is 0.468. The van der Waals surface area contributed by atoms with E-state index in [2.05, 4.69) is 10.1 Å². The summed E-state index contributed by atoms with van der Waals surface area (Å²) < 4.78 is 6.92. The molecule has 0 unspecified atom stereocenters. The molecule has 0 aliphatic heterocycles. The number of amides is 1. The fourth-order valence-electron chi connectivity index (χ4n) is 2.35. The van der Waals surface area contributed by atoms with Gasteiger partial charge < -0.3 is 10.5 Å². The van der Waals surface area contributed by atoms with Crippen LogP contribution in [0.2, 0.25) is 0 Å². The van der Waals surface area contributed by atoms with Crippen LogP contribution in [0.1, 0.15) is 13.8 Å². The first kappa shape index (κ1) is 15.8. The van der Waals surface area contributed by atoms with E-state index < -0.39 is 6.09 Å². The molecule has 2 N–H and O–H groups in total. The summed E-state index contributed by atoms with van der Waals surface area (Å²) in [6.07, 6.45) is 4.62. The van der Waals surface area contributed by atoms with Gasteiger partial charge in [0.1, 0.15) is 5.82 Å². The molecular formula is C17H19N5O2. The summed E-state index contributed by atoms with van der Waals surface area (Å²) in [4.78, 5) is 17.7. The third-order valence-electron chi connectivity index (χ3n) is 3.54. The Balaban J connectivity index is 1.92. The highest BCUT2D eigenvalue weighted by atomic mass is 16.6. The molecule has 0 aromatic carbocycles. The van der Waals surface area contributed by atoms with Gasteiger partial charge in [-0.25, -0.2) is 9.31 Å². The highest BCUT2D eigenvalue weighted by molar-refractivity contribution is 5.88. The average molecular weight is 325 g/mol. The van der Waals surface area contributed by atoms with E-state index in [0.29, 0.717) is 11.5 Å². The van der Waals surface area contributed by atoms with Gasteiger partial charge in [0.15, 0.2) is 0 Å². The van der Waals surface area contributed by atoms with E-state index in [4.69, 9.17) is 10.5 Å². The lowest BCUT2D eigenvalue weighted by molar-refractivity contribution is 0.124. The quantitative estimate of drug-likeness (QED) is 0.800. The van der Waals surface area contributed by atoms with Gasteiger partial charge in [0.05, 0.1) is 23.5 Å². The Labute approximate surface area is 139 Å². The molecule has 3 aromatic rings. The summed E-state index contributed by atoms with van der Waals surface area (Å²) in [5.41, 5.74) is 9.11. The minimum Gasteiger partial charge on any atom is -0.446 e. The zero-order chi connectivity index (χ0) is 17.3. The number of nitrogens with zero attached hydrogens (tertiary/aromatic N) is 4. The molecule has 3 heterocycles. The molecule has 0 atom stereocenters. The average Bonchev–Trinajstić information content (AvgIpc) is 2.92. The molecule has 0 saturated carbocycles. The predicted molar refractivity (Wildman–Crippen MR) is 92.9 cm³/mol. The summed E-state index contributed by atoms with van der Waals surface area (Å²) >= 11 is 0. The number of anilines is 2. The maximum absolute atomic E-state index is 12.0. The lowest BCUT2D eigenvalue weighted by Crippen LogP contribution is -2.29. The molecule has 7 heteroatoms. The third kappa shape index (κ3) is 3.15. The molecule has 0 saturated heterocycles. The van der Waals surface area contributed by atoms with Crippen molar-refractivity contribution in [3.63, 3.8) is 0 Å². The molecule has 3 rings (SSSR count). The van der Waals surface area contributed by atoms with E-state index in [1.54, 1.807) is 30.0 Å². The van der Waals surface area contributed by atoms with Crippen molar-refractivity contribution in [2.45, 2.75) is 20.0 Å². The normalized spacial score (nSPS) is 11.0. The first-order valence-electron chi connectivity index (χ1n) is 7.58. The molecule has 0 radical (unpaired) electrons. The van der Waals surface area contributed by atoms with Crippen LogP contribution in [0.15, 0.2) is 42.9 Å². The second-order valence-corrected chi connectivity index (χ2v) is 5.78. The number of hydrogen-bond acceptors (Lipinski definition) is 5. The second-order valence-electron chi connectivity index (χ2n) is 5.78. The number of ether oxygens (including phenoxy) is 1. The van der Waals surface area contributed by atoms with E-state index in [0.717, 1.165) is 16.6 Å². The molecule has 24 heavy (non-hydrogen) atoms. The summed E-state index contributed by atoms with van der Waals surface area (Å²) in [6.45, 7) is 3.62. The van der Waals surface area contributed by atoms with Crippen molar-refractivity contribution >= 4 is 23.1 Å². The predicted octanol–water partition coefficient (Wildman–Crippen LogP) is 2.96. The molecule has 3 aromatic heterocycles. The highest BCUT2D eigenvalue weighted by Gasteiger charge is 2.15. The van der Waals surface area contributed by atoms with Crippen molar-refractivity contribution in [3.8, 4) is 11.1 Å². The van der Waals surface area contributed by atoms with Gasteiger partial charge in [-0.2, -0.15) is 5.10 Å². The van der Waals surface area contributed by atoms with Crippen LogP contribution in [0.4, 0.5) is 16.3 Å². The maximum atomic E-state index is 12.0. The topological polar surface area (TPSA) is 85.8 Å². The van der Waals surface area contributed by atoms with Crippen LogP contribution in [0.3, 0.4) is 0 Å². The van der Waals surface area contributed by atoms with Gasteiger partial charge in [0.25, 0.3) is 0 Å². The van der Waals surface area contributed by atoms with Crippen molar-refractivity contribution in [1.82, 2.24) is 14.6 Å². The number of carbonyl (C=O) groups excluding carboxylic acids is 1. The molecule has 0 aliphatic rings. The Kier molecular flexibility index (Phi) is 4.07. The van der Waals surface area contributed by atoms with Gasteiger partial charge in [-0.05, 0) is 37.6 Å². The summed E-state index contributed by atoms with van der Waals surface area (Å²) in [6, 6.07) is 7.58. The number of rotatable bonds is 3. The van der Waals surface area contributed by atoms with Crippen LogP contribution in [-0.2, 0) is 4.74 Å². The van der Waals surface area contributed by atoms with Crippen LogP contribution in [0.5, 0.6) is 0 Å². The molecule has 0 fully saturated rings. The fourth-order valence-corrected chi connectivity index (χ4v) is 2.35. The zero-order valence-corrected chi connectivity index (χ0v) is 13.8. The zero-order valence-electron chi connectivity index (χ0n) is 13.8. The van der Waals surface area contributed by atoms with Gasteiger partial charge in [-0.1, -0.05) is 0 Å². The number of hydrogen-bond donors (Lipinski definition) is 1. The minimum absolute atomic E-state index is 0.175. The number of carbonyl (C=O) groups is 1. The van der Waals surface area contributed by atoms with Gasteiger partial charge in [0, 0.05) is 31.1 Å². The molecule has 0 aliphatic carbocycles. The first-order chi connectivity index (χ1) is 11.4. The number of pyridine rings is 2. The van der Waals surface area contributed by atoms with Gasteiger partial charge in [0.2, 0.25) is 0 Å². The van der Waals surface area contributed by atoms with E-state index >= 15 is 0 Å². The second kappa shape index (κ2) is 6.19. The number of fused-ring (bicyclic) bond motifs is 1. The van der Waals surface area contributed by atoms with Crippen molar-refractivity contribution in [3.05, 3.63) is 42.9 Å². The number of aromatic nitrogens is 3. The summed E-state index contributed by atoms with van der Waals surface area (Å²) in [5, 5.41) is 4.15. The smallest absolute Gasteiger partial charge is 0.414 e. The van der Waals surface area contributed by atoms with E-state index in [9.17, 15) is 4.79 Å². The standard InChI is InChI=1S/C17H19N5O2/c1-11(2)24-17(23)21(3)15-7-13(9-19-10-15)12-4-5-22-14(6-12)8-16(18)20-22/h4-11H,1-3H3,(H2,18,20). The lowest BCUT2D eigenvalue weighted by Gasteiger charge is -2.19. The minimum atomic E-state index is -0.414. The van der Waals surface area contributed by atoms with Crippen molar-refractivity contribution < 1.29 is 9.53 Å². The van der Waals surface area contributed by atoms with Crippen molar-refractivity contribution in [1.29, 1.82) is 0 Å². The first-order valence-corrected chi connectivity index (χ1v) is 7.58. The molecule has 124 valence electrons. The molecule has 1 amide bonds. The number of nitrogens with two attached hydrogens (primary N) is 1. The Bertz CT molecular complexity index is 888. The molecule has 0 bridgehead atoms. The van der Waals surface area contributed by atoms with Gasteiger partial charge >= 0.3 is 6.09 Å². The maximum Gasteiger partial charge on any atom is 0.414 e. The fraction of sp³-hybridized carbons (Fsp3) is 0.235. The Morgan fingerprint density at radius 1 is 1.25 bits per heavy atom.